The van der Waals surface area contributed by atoms with Crippen LogP contribution < -0.4 is 0 Å². The maximum Gasteiger partial charge on any atom is 0.235 e. The van der Waals surface area contributed by atoms with Crippen LogP contribution in [-0.2, 0) is 4.79 Å². The molecule has 0 aliphatic carbocycles. The Morgan fingerprint density at radius 3 is 2.62 bits per heavy atom. The number of halogens is 1. The second-order valence-corrected chi connectivity index (χ2v) is 7.73. The smallest absolute Gasteiger partial charge is 0.235 e. The highest BCUT2D eigenvalue weighted by Crippen LogP contribution is 2.28. The van der Waals surface area contributed by atoms with Crippen molar-refractivity contribution in [2.45, 2.75) is 16.5 Å². The molecule has 1 aromatic heterocycles. The van der Waals surface area contributed by atoms with Crippen LogP contribution in [0.15, 0.2) is 28.6 Å². The van der Waals surface area contributed by atoms with Crippen LogP contribution in [0.5, 0.6) is 0 Å². The maximum absolute atomic E-state index is 12.9. The van der Waals surface area contributed by atoms with Crippen LogP contribution in [0.3, 0.4) is 0 Å². The molecule has 1 heterocycles. The van der Waals surface area contributed by atoms with Crippen molar-refractivity contribution >= 4 is 41.2 Å². The Labute approximate surface area is 135 Å². The van der Waals surface area contributed by atoms with E-state index in [9.17, 15) is 9.18 Å². The molecule has 0 saturated heterocycles. The molecule has 0 fully saturated rings. The molecule has 4 nitrogen and oxygen atoms in total. The number of rotatable bonds is 4. The van der Waals surface area contributed by atoms with Crippen molar-refractivity contribution in [2.75, 3.05) is 14.1 Å². The molecule has 0 spiro atoms. The third kappa shape index (κ3) is 3.90. The predicted octanol–water partition coefficient (Wildman–Crippen LogP) is 3.37. The Morgan fingerprint density at radius 1 is 1.43 bits per heavy atom. The molecule has 0 bridgehead atoms. The summed E-state index contributed by atoms with van der Waals surface area (Å²) < 4.78 is 15.8. The lowest BCUT2D eigenvalue weighted by Crippen LogP contribution is -2.29. The number of thioether (sulfide) groups is 1. The summed E-state index contributed by atoms with van der Waals surface area (Å²) in [5, 5.41) is 4.16. The lowest BCUT2D eigenvalue weighted by Gasteiger charge is -2.14. The van der Waals surface area contributed by atoms with Crippen molar-refractivity contribution < 1.29 is 9.18 Å². The molecule has 0 unspecified atom stereocenters. The second kappa shape index (κ2) is 6.67. The van der Waals surface area contributed by atoms with E-state index in [1.807, 2.05) is 6.92 Å². The van der Waals surface area contributed by atoms with Crippen molar-refractivity contribution in [3.8, 4) is 5.69 Å². The zero-order valence-corrected chi connectivity index (χ0v) is 14.2. The number of carbonyl (C=O) groups is 1. The van der Waals surface area contributed by atoms with Crippen LogP contribution in [0.25, 0.3) is 5.69 Å². The summed E-state index contributed by atoms with van der Waals surface area (Å²) >= 11 is 7.98. The van der Waals surface area contributed by atoms with Gasteiger partial charge in [-0.1, -0.05) is 23.1 Å². The molecule has 1 aromatic carbocycles. The Hall–Kier alpha value is -1.25. The van der Waals surface area contributed by atoms with Gasteiger partial charge in [0.1, 0.15) is 5.82 Å². The summed E-state index contributed by atoms with van der Waals surface area (Å²) in [4.78, 5) is 13.4. The molecule has 2 rings (SSSR count). The maximum atomic E-state index is 12.9. The minimum atomic E-state index is -0.305. The topological polar surface area (TPSA) is 38.1 Å². The van der Waals surface area contributed by atoms with Crippen LogP contribution >= 0.6 is 35.3 Å². The number of nitrogens with zero attached hydrogens (tertiary/aromatic N) is 3. The molecule has 1 atom stereocenters. The summed E-state index contributed by atoms with van der Waals surface area (Å²) in [5.74, 6) is -0.283. The fourth-order valence-electron chi connectivity index (χ4n) is 1.62. The van der Waals surface area contributed by atoms with Crippen molar-refractivity contribution in [2.24, 2.45) is 0 Å². The van der Waals surface area contributed by atoms with E-state index in [2.05, 4.69) is 5.10 Å². The first-order valence-corrected chi connectivity index (χ1v) is 8.23. The molecule has 0 saturated carbocycles. The Balaban J connectivity index is 2.22. The largest absolute Gasteiger partial charge is 0.348 e. The Kier molecular flexibility index (Phi) is 5.13. The van der Waals surface area contributed by atoms with Gasteiger partial charge in [0.05, 0.1) is 10.9 Å². The van der Waals surface area contributed by atoms with Gasteiger partial charge in [-0.3, -0.25) is 4.79 Å². The summed E-state index contributed by atoms with van der Waals surface area (Å²) in [6, 6.07) is 5.96. The summed E-state index contributed by atoms with van der Waals surface area (Å²) in [7, 11) is 3.44. The van der Waals surface area contributed by atoms with Crippen LogP contribution in [0, 0.1) is 9.77 Å². The zero-order chi connectivity index (χ0) is 15.6. The first-order chi connectivity index (χ1) is 9.88. The van der Waals surface area contributed by atoms with Crippen LogP contribution in [-0.4, -0.2) is 39.9 Å². The molecule has 0 aliphatic rings. The number of carbonyl (C=O) groups excluding carboxylic acids is 1. The van der Waals surface area contributed by atoms with E-state index in [4.69, 9.17) is 12.2 Å². The lowest BCUT2D eigenvalue weighted by molar-refractivity contribution is -0.127. The molecule has 0 radical (unpaired) electrons. The summed E-state index contributed by atoms with van der Waals surface area (Å²) in [5.41, 5.74) is 0.705. The van der Waals surface area contributed by atoms with E-state index in [1.54, 1.807) is 35.8 Å². The molecule has 112 valence electrons. The first kappa shape index (κ1) is 16.1. The van der Waals surface area contributed by atoms with E-state index >= 15 is 0 Å². The van der Waals surface area contributed by atoms with Gasteiger partial charge in [0.25, 0.3) is 0 Å². The van der Waals surface area contributed by atoms with Gasteiger partial charge in [-0.2, -0.15) is 0 Å². The standard InChI is InChI=1S/C13H14FN3OS3/c1-8(11(18)16(2)3)20-12-15-17(13(19)21-12)10-6-4-9(14)5-7-10/h4-8H,1-3H3/t8-/m0/s1. The van der Waals surface area contributed by atoms with E-state index < -0.39 is 0 Å². The fraction of sp³-hybridized carbons (Fsp3) is 0.308. The van der Waals surface area contributed by atoms with E-state index in [-0.39, 0.29) is 17.0 Å². The third-order valence-electron chi connectivity index (χ3n) is 2.67. The van der Waals surface area contributed by atoms with Gasteiger partial charge >= 0.3 is 0 Å². The summed E-state index contributed by atoms with van der Waals surface area (Å²) in [6.45, 7) is 1.83. The van der Waals surface area contributed by atoms with E-state index in [1.165, 1.54) is 35.2 Å². The van der Waals surface area contributed by atoms with Crippen LogP contribution in [0.2, 0.25) is 0 Å². The third-order valence-corrected chi connectivity index (χ3v) is 5.07. The van der Waals surface area contributed by atoms with E-state index in [0.717, 1.165) is 0 Å². The van der Waals surface area contributed by atoms with Gasteiger partial charge in [0, 0.05) is 14.1 Å². The normalized spacial score (nSPS) is 12.2. The van der Waals surface area contributed by atoms with Gasteiger partial charge in [-0.15, -0.1) is 5.10 Å². The van der Waals surface area contributed by atoms with Crippen LogP contribution in [0.4, 0.5) is 4.39 Å². The SMILES string of the molecule is C[C@H](Sc1nn(-c2ccc(F)cc2)c(=S)s1)C(=O)N(C)C. The zero-order valence-electron chi connectivity index (χ0n) is 11.7. The molecular formula is C13H14FN3OS3. The number of aromatic nitrogens is 2. The van der Waals surface area contributed by atoms with Crippen LogP contribution in [0.1, 0.15) is 6.92 Å². The van der Waals surface area contributed by atoms with Gasteiger partial charge in [-0.25, -0.2) is 9.07 Å². The highest BCUT2D eigenvalue weighted by atomic mass is 32.2. The molecule has 21 heavy (non-hydrogen) atoms. The molecule has 8 heteroatoms. The first-order valence-electron chi connectivity index (χ1n) is 6.12. The van der Waals surface area contributed by atoms with Crippen molar-refractivity contribution in [3.63, 3.8) is 0 Å². The average molecular weight is 343 g/mol. The highest BCUT2D eigenvalue weighted by molar-refractivity contribution is 8.02. The Morgan fingerprint density at radius 2 is 2.05 bits per heavy atom. The lowest BCUT2D eigenvalue weighted by atomic mass is 10.3. The van der Waals surface area contributed by atoms with E-state index in [0.29, 0.717) is 14.0 Å². The minimum Gasteiger partial charge on any atom is -0.348 e. The molecule has 1 amide bonds. The number of hydrogen-bond donors (Lipinski definition) is 0. The second-order valence-electron chi connectivity index (χ2n) is 4.51. The van der Waals surface area contributed by atoms with Crippen molar-refractivity contribution in [1.29, 1.82) is 0 Å². The molecule has 0 aliphatic heterocycles. The van der Waals surface area contributed by atoms with Gasteiger partial charge in [-0.05, 0) is 43.4 Å². The number of benzene rings is 1. The predicted molar refractivity (Wildman–Crippen MR) is 86.2 cm³/mol. The monoisotopic (exact) mass is 343 g/mol. The average Bonchev–Trinajstić information content (AvgIpc) is 2.79. The molecular weight excluding hydrogens is 329 g/mol. The van der Waals surface area contributed by atoms with Gasteiger partial charge < -0.3 is 4.90 Å². The fourth-order valence-corrected chi connectivity index (χ4v) is 4.27. The minimum absolute atomic E-state index is 0.0226. The Bertz CT molecular complexity index is 693. The number of amides is 1. The highest BCUT2D eigenvalue weighted by Gasteiger charge is 2.18. The van der Waals surface area contributed by atoms with Gasteiger partial charge in [0.15, 0.2) is 8.29 Å². The van der Waals surface area contributed by atoms with Crippen molar-refractivity contribution in [3.05, 3.63) is 34.0 Å². The van der Waals surface area contributed by atoms with Gasteiger partial charge in [0.2, 0.25) is 5.91 Å². The number of hydrogen-bond acceptors (Lipinski definition) is 5. The molecule has 2 aromatic rings. The summed E-state index contributed by atoms with van der Waals surface area (Å²) in [6.07, 6.45) is 0. The molecule has 0 N–H and O–H groups in total. The van der Waals surface area contributed by atoms with Crippen molar-refractivity contribution in [1.82, 2.24) is 14.7 Å². The quantitative estimate of drug-likeness (QED) is 0.630.